The van der Waals surface area contributed by atoms with Crippen LogP contribution in [0.2, 0.25) is 0 Å². The molecule has 7 nitrogen and oxygen atoms in total. The Morgan fingerprint density at radius 2 is 2.04 bits per heavy atom. The molecule has 9 heteroatoms. The lowest BCUT2D eigenvalue weighted by Crippen LogP contribution is -2.34. The molecule has 0 fully saturated rings. The molecule has 0 aromatic carbocycles. The number of carbonyl (C=O) groups excluding carboxylic acids is 1. The van der Waals surface area contributed by atoms with Crippen molar-refractivity contribution >= 4 is 27.3 Å². The molecule has 0 unspecified atom stereocenters. The minimum absolute atomic E-state index is 0.0359. The number of hydrogen-bond acceptors (Lipinski definition) is 5. The van der Waals surface area contributed by atoms with Crippen LogP contribution in [-0.2, 0) is 21.4 Å². The van der Waals surface area contributed by atoms with E-state index in [0.29, 0.717) is 0 Å². The van der Waals surface area contributed by atoms with Gasteiger partial charge in [0.1, 0.15) is 6.54 Å². The molecule has 1 amide bonds. The number of sulfonamides is 1. The molecule has 0 spiro atoms. The van der Waals surface area contributed by atoms with Crippen LogP contribution in [0, 0.1) is 0 Å². The fourth-order valence-electron chi connectivity index (χ4n) is 2.05. The van der Waals surface area contributed by atoms with Gasteiger partial charge in [0.15, 0.2) is 0 Å². The van der Waals surface area contributed by atoms with Crippen LogP contribution < -0.4 is 10.9 Å². The summed E-state index contributed by atoms with van der Waals surface area (Å²) >= 11 is 1.52. The first-order chi connectivity index (χ1) is 11.2. The minimum atomic E-state index is -3.67. The molecule has 2 aromatic heterocycles. The third kappa shape index (κ3) is 4.11. The quantitative estimate of drug-likeness (QED) is 0.824. The summed E-state index contributed by atoms with van der Waals surface area (Å²) in [5.74, 6) is -0.364. The minimum Gasteiger partial charge on any atom is -0.347 e. The van der Waals surface area contributed by atoms with Gasteiger partial charge in [0.05, 0.1) is 10.9 Å². The molecular weight excluding hydrogens is 350 g/mol. The highest BCUT2D eigenvalue weighted by Crippen LogP contribution is 2.18. The van der Waals surface area contributed by atoms with Gasteiger partial charge in [-0.15, -0.1) is 11.3 Å². The van der Waals surface area contributed by atoms with Crippen molar-refractivity contribution in [1.29, 1.82) is 0 Å². The molecule has 0 aliphatic rings. The molecule has 2 aromatic rings. The zero-order valence-electron chi connectivity index (χ0n) is 13.6. The van der Waals surface area contributed by atoms with E-state index in [1.54, 1.807) is 0 Å². The predicted molar refractivity (Wildman–Crippen MR) is 92.5 cm³/mol. The van der Waals surface area contributed by atoms with Crippen LogP contribution in [0.5, 0.6) is 0 Å². The number of nitrogens with zero attached hydrogens (tertiary/aromatic N) is 2. The van der Waals surface area contributed by atoms with Gasteiger partial charge in [0.2, 0.25) is 15.9 Å². The van der Waals surface area contributed by atoms with E-state index in [4.69, 9.17) is 0 Å². The van der Waals surface area contributed by atoms with Gasteiger partial charge in [-0.25, -0.2) is 12.7 Å². The molecular formula is C15H19N3O4S2. The predicted octanol–water partition coefficient (Wildman–Crippen LogP) is 1.04. The van der Waals surface area contributed by atoms with Crippen molar-refractivity contribution in [3.8, 4) is 0 Å². The average Bonchev–Trinajstić information content (AvgIpc) is 3.03. The van der Waals surface area contributed by atoms with E-state index >= 15 is 0 Å². The van der Waals surface area contributed by atoms with Crippen molar-refractivity contribution in [2.75, 3.05) is 14.1 Å². The van der Waals surface area contributed by atoms with E-state index < -0.39 is 15.6 Å². The van der Waals surface area contributed by atoms with E-state index in [-0.39, 0.29) is 23.4 Å². The summed E-state index contributed by atoms with van der Waals surface area (Å²) in [5, 5.41) is 4.71. The van der Waals surface area contributed by atoms with Crippen molar-refractivity contribution in [3.05, 3.63) is 51.1 Å². The highest BCUT2D eigenvalue weighted by atomic mass is 32.2. The van der Waals surface area contributed by atoms with Crippen LogP contribution in [0.1, 0.15) is 17.8 Å². The second kappa shape index (κ2) is 7.29. The molecule has 2 rings (SSSR count). The van der Waals surface area contributed by atoms with E-state index in [9.17, 15) is 18.0 Å². The summed E-state index contributed by atoms with van der Waals surface area (Å²) in [7, 11) is -0.861. The zero-order chi connectivity index (χ0) is 17.9. The highest BCUT2D eigenvalue weighted by Gasteiger charge is 2.19. The van der Waals surface area contributed by atoms with E-state index in [1.165, 1.54) is 37.7 Å². The highest BCUT2D eigenvalue weighted by molar-refractivity contribution is 7.89. The van der Waals surface area contributed by atoms with Crippen molar-refractivity contribution in [2.45, 2.75) is 24.4 Å². The van der Waals surface area contributed by atoms with Gasteiger partial charge in [-0.3, -0.25) is 9.59 Å². The number of nitrogens with one attached hydrogen (secondary N) is 1. The summed E-state index contributed by atoms with van der Waals surface area (Å²) in [4.78, 5) is 25.0. The Bertz CT molecular complexity index is 870. The standard InChI is InChI=1S/C15H19N3O4S2/c1-11(13-5-4-8-23-13)16-14(19)10-18-9-12(6-7-15(18)20)24(21,22)17(2)3/h4-9,11H,10H2,1-3H3,(H,16,19)/t11-/m1/s1. The molecule has 24 heavy (non-hydrogen) atoms. The lowest BCUT2D eigenvalue weighted by Gasteiger charge is -2.15. The number of pyridine rings is 1. The number of rotatable bonds is 6. The van der Waals surface area contributed by atoms with Gasteiger partial charge in [0.25, 0.3) is 5.56 Å². The van der Waals surface area contributed by atoms with Crippen molar-refractivity contribution in [1.82, 2.24) is 14.2 Å². The first kappa shape index (κ1) is 18.4. The van der Waals surface area contributed by atoms with Crippen LogP contribution in [0.25, 0.3) is 0 Å². The van der Waals surface area contributed by atoms with E-state index in [0.717, 1.165) is 19.8 Å². The Morgan fingerprint density at radius 3 is 2.62 bits per heavy atom. The summed E-state index contributed by atoms with van der Waals surface area (Å²) in [6.45, 7) is 1.60. The van der Waals surface area contributed by atoms with Gasteiger partial charge in [0, 0.05) is 31.2 Å². The van der Waals surface area contributed by atoms with E-state index in [1.807, 2.05) is 24.4 Å². The van der Waals surface area contributed by atoms with Crippen molar-refractivity contribution in [2.24, 2.45) is 0 Å². The topological polar surface area (TPSA) is 88.5 Å². The van der Waals surface area contributed by atoms with Gasteiger partial charge < -0.3 is 9.88 Å². The van der Waals surface area contributed by atoms with Crippen LogP contribution in [0.3, 0.4) is 0 Å². The molecule has 130 valence electrons. The molecule has 0 bridgehead atoms. The molecule has 0 aliphatic heterocycles. The van der Waals surface area contributed by atoms with E-state index in [2.05, 4.69) is 5.32 Å². The largest absolute Gasteiger partial charge is 0.347 e. The fraction of sp³-hybridized carbons (Fsp3) is 0.333. The fourth-order valence-corrected chi connectivity index (χ4v) is 3.70. The molecule has 0 aliphatic carbocycles. The third-order valence-corrected chi connectivity index (χ3v) is 6.25. The Labute approximate surface area is 144 Å². The van der Waals surface area contributed by atoms with Crippen LogP contribution in [-0.4, -0.2) is 37.3 Å². The first-order valence-corrected chi connectivity index (χ1v) is 9.49. The molecule has 1 N–H and O–H groups in total. The summed E-state index contributed by atoms with van der Waals surface area (Å²) in [5.41, 5.74) is -0.438. The Kier molecular flexibility index (Phi) is 5.58. The Balaban J connectivity index is 2.17. The lowest BCUT2D eigenvalue weighted by atomic mass is 10.3. The summed E-state index contributed by atoms with van der Waals surface area (Å²) in [6.07, 6.45) is 1.19. The number of carbonyl (C=O) groups is 1. The van der Waals surface area contributed by atoms with Crippen LogP contribution >= 0.6 is 11.3 Å². The first-order valence-electron chi connectivity index (χ1n) is 7.17. The molecule has 2 heterocycles. The Hall–Kier alpha value is -1.97. The van der Waals surface area contributed by atoms with Gasteiger partial charge in [-0.05, 0) is 24.4 Å². The van der Waals surface area contributed by atoms with Gasteiger partial charge in [-0.1, -0.05) is 6.07 Å². The number of hydrogen-bond donors (Lipinski definition) is 1. The van der Waals surface area contributed by atoms with Crippen LogP contribution in [0.4, 0.5) is 0 Å². The number of aromatic nitrogens is 1. The second-order valence-electron chi connectivity index (χ2n) is 5.42. The van der Waals surface area contributed by atoms with Gasteiger partial charge in [-0.2, -0.15) is 0 Å². The normalized spacial score (nSPS) is 13.0. The van der Waals surface area contributed by atoms with Crippen molar-refractivity contribution in [3.63, 3.8) is 0 Å². The summed E-state index contributed by atoms with van der Waals surface area (Å²) < 4.78 is 26.4. The lowest BCUT2D eigenvalue weighted by molar-refractivity contribution is -0.122. The zero-order valence-corrected chi connectivity index (χ0v) is 15.2. The number of amides is 1. The van der Waals surface area contributed by atoms with Crippen molar-refractivity contribution < 1.29 is 13.2 Å². The third-order valence-electron chi connectivity index (χ3n) is 3.40. The smallest absolute Gasteiger partial charge is 0.251 e. The van der Waals surface area contributed by atoms with Gasteiger partial charge >= 0.3 is 0 Å². The maximum Gasteiger partial charge on any atom is 0.251 e. The maximum absolute atomic E-state index is 12.1. The Morgan fingerprint density at radius 1 is 1.33 bits per heavy atom. The number of thiophene rings is 1. The second-order valence-corrected chi connectivity index (χ2v) is 8.55. The monoisotopic (exact) mass is 369 g/mol. The average molecular weight is 369 g/mol. The SMILES string of the molecule is C[C@@H](NC(=O)Cn1cc(S(=O)(=O)N(C)C)ccc1=O)c1cccs1. The maximum atomic E-state index is 12.1. The van der Waals surface area contributed by atoms with Crippen LogP contribution in [0.15, 0.2) is 45.5 Å². The molecule has 0 radical (unpaired) electrons. The molecule has 0 saturated heterocycles. The summed E-state index contributed by atoms with van der Waals surface area (Å²) in [6, 6.07) is 6.00. The molecule has 0 saturated carbocycles. The molecule has 1 atom stereocenters.